The Morgan fingerprint density at radius 1 is 1.23 bits per heavy atom. The number of rotatable bonds is 5. The molecule has 0 amide bonds. The molecule has 2 nitrogen and oxygen atoms in total. The fourth-order valence-corrected chi connectivity index (χ4v) is 2.42. The van der Waals surface area contributed by atoms with Gasteiger partial charge in [-0.3, -0.25) is 4.79 Å². The van der Waals surface area contributed by atoms with Crippen molar-refractivity contribution in [2.24, 2.45) is 0 Å². The molecule has 0 heterocycles. The number of allylic oxidation sites excluding steroid dienone is 2. The van der Waals surface area contributed by atoms with Crippen LogP contribution in [0.25, 0.3) is 0 Å². The summed E-state index contributed by atoms with van der Waals surface area (Å²) < 4.78 is 0.952. The molecule has 0 aliphatic heterocycles. The van der Waals surface area contributed by atoms with Crippen molar-refractivity contribution in [3.63, 3.8) is 0 Å². The molecule has 0 saturated heterocycles. The number of anilines is 1. The molecule has 0 aromatic heterocycles. The molecule has 2 aromatic rings. The molecule has 4 heteroatoms. The Morgan fingerprint density at radius 3 is 2.55 bits per heavy atom. The van der Waals surface area contributed by atoms with Crippen LogP contribution in [0.1, 0.15) is 29.3 Å². The minimum atomic E-state index is -0.0272. The molecule has 22 heavy (non-hydrogen) atoms. The number of ketones is 1. The van der Waals surface area contributed by atoms with E-state index in [2.05, 4.69) is 21.2 Å². The summed E-state index contributed by atoms with van der Waals surface area (Å²) in [7, 11) is 0. The van der Waals surface area contributed by atoms with Gasteiger partial charge in [0.15, 0.2) is 5.78 Å². The molecule has 2 rings (SSSR count). The van der Waals surface area contributed by atoms with Crippen LogP contribution in [0.3, 0.4) is 0 Å². The normalized spacial score (nSPS) is 11.4. The quantitative estimate of drug-likeness (QED) is 0.510. The Morgan fingerprint density at radius 2 is 1.91 bits per heavy atom. The monoisotopic (exact) mass is 377 g/mol. The van der Waals surface area contributed by atoms with Gasteiger partial charge in [-0.15, -0.1) is 0 Å². The Labute approximate surface area is 144 Å². The molecule has 0 atom stereocenters. The van der Waals surface area contributed by atoms with Crippen LogP contribution in [0.15, 0.2) is 58.7 Å². The number of carbonyl (C=O) groups is 1. The van der Waals surface area contributed by atoms with Crippen LogP contribution < -0.4 is 5.32 Å². The zero-order valence-electron chi connectivity index (χ0n) is 12.5. The summed E-state index contributed by atoms with van der Waals surface area (Å²) in [6.45, 7) is 4.00. The molecule has 0 radical (unpaired) electrons. The average Bonchev–Trinajstić information content (AvgIpc) is 2.50. The largest absolute Gasteiger partial charge is 0.358 e. The highest BCUT2D eigenvalue weighted by Crippen LogP contribution is 2.25. The fraction of sp³-hybridized carbons (Fsp3) is 0.167. The number of benzene rings is 2. The van der Waals surface area contributed by atoms with Crippen LogP contribution in [0, 0.1) is 6.92 Å². The van der Waals surface area contributed by atoms with Gasteiger partial charge in [0.2, 0.25) is 0 Å². The van der Waals surface area contributed by atoms with E-state index in [9.17, 15) is 4.79 Å². The second-order valence-corrected chi connectivity index (χ2v) is 6.33. The van der Waals surface area contributed by atoms with E-state index in [1.54, 1.807) is 18.2 Å². The lowest BCUT2D eigenvalue weighted by atomic mass is 10.1. The van der Waals surface area contributed by atoms with Gasteiger partial charge in [-0.1, -0.05) is 40.5 Å². The van der Waals surface area contributed by atoms with Gasteiger partial charge in [-0.2, -0.15) is 0 Å². The van der Waals surface area contributed by atoms with Crippen molar-refractivity contribution in [3.8, 4) is 0 Å². The number of aryl methyl sites for hydroxylation is 1. The summed E-state index contributed by atoms with van der Waals surface area (Å²) >= 11 is 9.55. The summed E-state index contributed by atoms with van der Waals surface area (Å²) in [6.07, 6.45) is 2.34. The zero-order chi connectivity index (χ0) is 16.1. The van der Waals surface area contributed by atoms with Crippen molar-refractivity contribution in [2.45, 2.75) is 20.3 Å². The lowest BCUT2D eigenvalue weighted by Gasteiger charge is -2.11. The van der Waals surface area contributed by atoms with Crippen molar-refractivity contribution in [2.75, 3.05) is 5.32 Å². The highest BCUT2D eigenvalue weighted by Gasteiger charge is 2.07. The minimum Gasteiger partial charge on any atom is -0.358 e. The van der Waals surface area contributed by atoms with E-state index in [1.165, 1.54) is 0 Å². The van der Waals surface area contributed by atoms with Crippen molar-refractivity contribution in [1.82, 2.24) is 0 Å². The lowest BCUT2D eigenvalue weighted by molar-refractivity contribution is 0.104. The predicted molar refractivity (Wildman–Crippen MR) is 96.7 cm³/mol. The second kappa shape index (κ2) is 7.61. The van der Waals surface area contributed by atoms with E-state index >= 15 is 0 Å². The highest BCUT2D eigenvalue weighted by molar-refractivity contribution is 9.10. The molecule has 114 valence electrons. The van der Waals surface area contributed by atoms with E-state index in [0.717, 1.165) is 21.4 Å². The Kier molecular flexibility index (Phi) is 5.81. The Balaban J connectivity index is 2.21. The first-order valence-electron chi connectivity index (χ1n) is 7.03. The molecular formula is C18H17BrClNO. The highest BCUT2D eigenvalue weighted by atomic mass is 79.9. The Bertz CT molecular complexity index is 708. The first-order valence-corrected chi connectivity index (χ1v) is 8.20. The van der Waals surface area contributed by atoms with Gasteiger partial charge in [0, 0.05) is 21.8 Å². The molecule has 0 fully saturated rings. The summed E-state index contributed by atoms with van der Waals surface area (Å²) in [5, 5.41) is 3.89. The molecule has 1 N–H and O–H groups in total. The third kappa shape index (κ3) is 4.46. The van der Waals surface area contributed by atoms with Gasteiger partial charge < -0.3 is 5.32 Å². The predicted octanol–water partition coefficient (Wildman–Crippen LogP) is 6.00. The van der Waals surface area contributed by atoms with E-state index < -0.39 is 0 Å². The van der Waals surface area contributed by atoms with Crippen molar-refractivity contribution >= 4 is 39.0 Å². The topological polar surface area (TPSA) is 29.1 Å². The van der Waals surface area contributed by atoms with Gasteiger partial charge in [0.1, 0.15) is 0 Å². The van der Waals surface area contributed by atoms with Gasteiger partial charge in [0.05, 0.1) is 10.7 Å². The van der Waals surface area contributed by atoms with Crippen LogP contribution in [0.4, 0.5) is 5.69 Å². The van der Waals surface area contributed by atoms with Gasteiger partial charge in [-0.05, 0) is 55.3 Å². The molecule has 0 aliphatic carbocycles. The zero-order valence-corrected chi connectivity index (χ0v) is 14.8. The maximum atomic E-state index is 12.3. The Hall–Kier alpha value is -1.58. The average molecular weight is 379 g/mol. The van der Waals surface area contributed by atoms with Crippen LogP contribution in [-0.2, 0) is 0 Å². The van der Waals surface area contributed by atoms with Gasteiger partial charge >= 0.3 is 0 Å². The molecule has 0 saturated carbocycles. The molecule has 0 unspecified atom stereocenters. The SMILES string of the molecule is CC/C(=C\C(=O)c1ccc(Br)cc1)Nc1cc(C)ccc1Cl. The van der Waals surface area contributed by atoms with Crippen LogP contribution in [-0.4, -0.2) is 5.78 Å². The fourth-order valence-electron chi connectivity index (χ4n) is 1.99. The van der Waals surface area contributed by atoms with E-state index in [0.29, 0.717) is 17.0 Å². The summed E-state index contributed by atoms with van der Waals surface area (Å²) in [5.74, 6) is -0.0272. The summed E-state index contributed by atoms with van der Waals surface area (Å²) in [5.41, 5.74) is 3.42. The summed E-state index contributed by atoms with van der Waals surface area (Å²) in [4.78, 5) is 12.3. The minimum absolute atomic E-state index is 0.0272. The first-order chi connectivity index (χ1) is 10.5. The van der Waals surface area contributed by atoms with Crippen molar-refractivity contribution < 1.29 is 4.79 Å². The van der Waals surface area contributed by atoms with Crippen LogP contribution >= 0.6 is 27.5 Å². The van der Waals surface area contributed by atoms with Gasteiger partial charge in [0.25, 0.3) is 0 Å². The van der Waals surface area contributed by atoms with Crippen LogP contribution in [0.2, 0.25) is 5.02 Å². The number of nitrogens with one attached hydrogen (secondary N) is 1. The first kappa shape index (κ1) is 16.8. The van der Waals surface area contributed by atoms with E-state index in [1.807, 2.05) is 44.2 Å². The number of carbonyl (C=O) groups excluding carboxylic acids is 1. The molecule has 0 spiro atoms. The van der Waals surface area contributed by atoms with E-state index in [4.69, 9.17) is 11.6 Å². The van der Waals surface area contributed by atoms with Crippen molar-refractivity contribution in [3.05, 3.63) is 74.9 Å². The lowest BCUT2D eigenvalue weighted by Crippen LogP contribution is -2.04. The molecule has 0 bridgehead atoms. The molecule has 2 aromatic carbocycles. The van der Waals surface area contributed by atoms with E-state index in [-0.39, 0.29) is 5.78 Å². The van der Waals surface area contributed by atoms with Crippen molar-refractivity contribution in [1.29, 1.82) is 0 Å². The third-order valence-electron chi connectivity index (χ3n) is 3.23. The summed E-state index contributed by atoms with van der Waals surface area (Å²) in [6, 6.07) is 13.1. The number of halogens is 2. The standard InChI is InChI=1S/C18H17BrClNO/c1-3-15(21-17-10-12(2)4-9-16(17)20)11-18(22)13-5-7-14(19)8-6-13/h4-11,21H,3H2,1-2H3/b15-11+. The number of hydrogen-bond donors (Lipinski definition) is 1. The van der Waals surface area contributed by atoms with Crippen LogP contribution in [0.5, 0.6) is 0 Å². The maximum Gasteiger partial charge on any atom is 0.187 e. The van der Waals surface area contributed by atoms with Gasteiger partial charge in [-0.25, -0.2) is 0 Å². The molecule has 0 aliphatic rings. The maximum absolute atomic E-state index is 12.3. The molecular weight excluding hydrogens is 362 g/mol. The smallest absolute Gasteiger partial charge is 0.187 e. The second-order valence-electron chi connectivity index (χ2n) is 5.00. The number of hydrogen-bond acceptors (Lipinski definition) is 2. The third-order valence-corrected chi connectivity index (χ3v) is 4.09.